The molecule has 0 aliphatic carbocycles. The average molecular weight is 291 g/mol. The van der Waals surface area contributed by atoms with Gasteiger partial charge in [-0.3, -0.25) is 0 Å². The normalized spacial score (nSPS) is 11.0. The minimum atomic E-state index is -0.330. The summed E-state index contributed by atoms with van der Waals surface area (Å²) < 4.78 is 14.9. The number of hydrogen-bond donors (Lipinski definition) is 0. The van der Waals surface area contributed by atoms with Crippen molar-refractivity contribution in [2.45, 2.75) is 0 Å². The number of halogens is 1. The van der Waals surface area contributed by atoms with E-state index in [1.165, 1.54) is 16.6 Å². The van der Waals surface area contributed by atoms with Crippen LogP contribution in [0.1, 0.15) is 0 Å². The summed E-state index contributed by atoms with van der Waals surface area (Å²) in [5.41, 5.74) is 2.27. The third kappa shape index (κ3) is 2.10. The Kier molecular flexibility index (Phi) is 2.86. The van der Waals surface area contributed by atoms with E-state index >= 15 is 0 Å². The lowest BCUT2D eigenvalue weighted by Gasteiger charge is -2.01. The second kappa shape index (κ2) is 5.00. The highest BCUT2D eigenvalue weighted by Gasteiger charge is 2.12. The van der Waals surface area contributed by atoms with Gasteiger partial charge in [0.25, 0.3) is 5.78 Å². The van der Waals surface area contributed by atoms with E-state index in [2.05, 4.69) is 20.3 Å². The summed E-state index contributed by atoms with van der Waals surface area (Å²) in [6, 6.07) is 15.9. The van der Waals surface area contributed by atoms with Crippen LogP contribution in [0.2, 0.25) is 0 Å². The Morgan fingerprint density at radius 1 is 0.864 bits per heavy atom. The van der Waals surface area contributed by atoms with Crippen molar-refractivity contribution in [1.29, 1.82) is 0 Å². The summed E-state index contributed by atoms with van der Waals surface area (Å²) in [6.45, 7) is 0. The molecule has 0 aliphatic rings. The summed E-state index contributed by atoms with van der Waals surface area (Å²) in [4.78, 5) is 4.45. The molecule has 0 aliphatic heterocycles. The first kappa shape index (κ1) is 12.6. The lowest BCUT2D eigenvalue weighted by Crippen LogP contribution is -1.98. The summed E-state index contributed by atoms with van der Waals surface area (Å²) in [5, 5.41) is 12.4. The van der Waals surface area contributed by atoms with Crippen LogP contribution in [0.5, 0.6) is 0 Å². The van der Waals surface area contributed by atoms with Crippen LogP contribution in [0.15, 0.2) is 60.8 Å². The van der Waals surface area contributed by atoms with Crippen molar-refractivity contribution in [2.75, 3.05) is 0 Å². The monoisotopic (exact) mass is 291 g/mol. The van der Waals surface area contributed by atoms with Gasteiger partial charge >= 0.3 is 0 Å². The lowest BCUT2D eigenvalue weighted by atomic mass is 10.2. The van der Waals surface area contributed by atoms with Gasteiger partial charge in [-0.2, -0.15) is 9.61 Å². The highest BCUT2D eigenvalue weighted by atomic mass is 19.1. The Labute approximate surface area is 125 Å². The number of aromatic nitrogens is 5. The Morgan fingerprint density at radius 3 is 2.50 bits per heavy atom. The van der Waals surface area contributed by atoms with Gasteiger partial charge < -0.3 is 0 Å². The highest BCUT2D eigenvalue weighted by Crippen LogP contribution is 2.20. The van der Waals surface area contributed by atoms with E-state index in [0.717, 1.165) is 5.56 Å². The van der Waals surface area contributed by atoms with Crippen LogP contribution in [0.3, 0.4) is 0 Å². The number of nitrogens with zero attached hydrogens (tertiary/aromatic N) is 5. The molecule has 0 radical (unpaired) electrons. The summed E-state index contributed by atoms with van der Waals surface area (Å²) in [5.74, 6) is 0.505. The number of rotatable bonds is 2. The van der Waals surface area contributed by atoms with Crippen LogP contribution in [-0.2, 0) is 0 Å². The molecule has 2 aromatic carbocycles. The molecule has 0 spiro atoms. The maximum absolute atomic E-state index is 13.4. The molecular weight excluding hydrogens is 281 g/mol. The molecule has 106 valence electrons. The van der Waals surface area contributed by atoms with Crippen LogP contribution in [0.25, 0.3) is 28.4 Å². The smallest absolute Gasteiger partial charge is 0.208 e. The summed E-state index contributed by atoms with van der Waals surface area (Å²) >= 11 is 0. The first-order valence-corrected chi connectivity index (χ1v) is 6.71. The molecule has 22 heavy (non-hydrogen) atoms. The third-order valence-electron chi connectivity index (χ3n) is 3.29. The van der Waals surface area contributed by atoms with Crippen molar-refractivity contribution in [3.63, 3.8) is 0 Å². The van der Waals surface area contributed by atoms with Gasteiger partial charge in [0.05, 0.1) is 11.9 Å². The maximum Gasteiger partial charge on any atom is 0.272 e. The molecule has 2 heterocycles. The molecule has 0 N–H and O–H groups in total. The number of fused-ring (bicyclic) bond motifs is 1. The van der Waals surface area contributed by atoms with Gasteiger partial charge in [0.15, 0.2) is 5.82 Å². The number of hydrogen-bond acceptors (Lipinski definition) is 4. The Bertz CT molecular complexity index is 949. The van der Waals surface area contributed by atoms with Crippen molar-refractivity contribution < 1.29 is 4.39 Å². The molecule has 0 unspecified atom stereocenters. The molecule has 2 aromatic heterocycles. The van der Waals surface area contributed by atoms with Crippen LogP contribution >= 0.6 is 0 Å². The van der Waals surface area contributed by atoms with E-state index in [9.17, 15) is 4.39 Å². The molecule has 0 amide bonds. The van der Waals surface area contributed by atoms with Gasteiger partial charge in [-0.05, 0) is 12.1 Å². The minimum absolute atomic E-state index is 0.330. The third-order valence-corrected chi connectivity index (χ3v) is 3.29. The van der Waals surface area contributed by atoms with Crippen LogP contribution in [-0.4, -0.2) is 24.8 Å². The molecule has 0 bridgehead atoms. The predicted molar refractivity (Wildman–Crippen MR) is 79.4 cm³/mol. The lowest BCUT2D eigenvalue weighted by molar-refractivity contribution is 0.628. The van der Waals surface area contributed by atoms with Crippen molar-refractivity contribution in [1.82, 2.24) is 24.8 Å². The van der Waals surface area contributed by atoms with E-state index in [-0.39, 0.29) is 5.82 Å². The fourth-order valence-corrected chi connectivity index (χ4v) is 2.25. The standard InChI is InChI=1S/C16H10FN5/c17-13-8-4-7-12(9-13)15-20-21-16-19-14(10-18-22(15)16)11-5-2-1-3-6-11/h1-10H. The quantitative estimate of drug-likeness (QED) is 0.569. The van der Waals surface area contributed by atoms with Crippen LogP contribution < -0.4 is 0 Å². The van der Waals surface area contributed by atoms with Gasteiger partial charge in [-0.15, -0.1) is 10.2 Å². The molecule has 4 aromatic rings. The van der Waals surface area contributed by atoms with E-state index in [0.29, 0.717) is 22.9 Å². The second-order valence-electron chi connectivity index (χ2n) is 4.75. The Hall–Kier alpha value is -3.15. The SMILES string of the molecule is Fc1cccc(-c2nnc3nc(-c4ccccc4)cnn23)c1. The van der Waals surface area contributed by atoms with E-state index < -0.39 is 0 Å². The zero-order valence-electron chi connectivity index (χ0n) is 11.4. The molecule has 0 saturated heterocycles. The van der Waals surface area contributed by atoms with Crippen LogP contribution in [0, 0.1) is 5.82 Å². The highest BCUT2D eigenvalue weighted by molar-refractivity contribution is 5.61. The van der Waals surface area contributed by atoms with Gasteiger partial charge in [-0.25, -0.2) is 9.37 Å². The fraction of sp³-hybridized carbons (Fsp3) is 0. The van der Waals surface area contributed by atoms with Gasteiger partial charge in [0.2, 0.25) is 0 Å². The summed E-state index contributed by atoms with van der Waals surface area (Å²) in [7, 11) is 0. The second-order valence-corrected chi connectivity index (χ2v) is 4.75. The first-order chi connectivity index (χ1) is 10.8. The number of benzene rings is 2. The van der Waals surface area contributed by atoms with Crippen molar-refractivity contribution in [3.05, 3.63) is 66.6 Å². The largest absolute Gasteiger partial charge is 0.272 e. The molecule has 6 heteroatoms. The Balaban J connectivity index is 1.84. The zero-order chi connectivity index (χ0) is 14.9. The zero-order valence-corrected chi connectivity index (χ0v) is 11.4. The minimum Gasteiger partial charge on any atom is -0.208 e. The van der Waals surface area contributed by atoms with Crippen molar-refractivity contribution in [2.24, 2.45) is 0 Å². The van der Waals surface area contributed by atoms with E-state index in [4.69, 9.17) is 0 Å². The van der Waals surface area contributed by atoms with Gasteiger partial charge in [0, 0.05) is 11.1 Å². The molecular formula is C16H10FN5. The van der Waals surface area contributed by atoms with Crippen molar-refractivity contribution >= 4 is 5.78 Å². The topological polar surface area (TPSA) is 56.0 Å². The molecule has 5 nitrogen and oxygen atoms in total. The van der Waals surface area contributed by atoms with Crippen LogP contribution in [0.4, 0.5) is 4.39 Å². The molecule has 0 fully saturated rings. The van der Waals surface area contributed by atoms with Gasteiger partial charge in [-0.1, -0.05) is 42.5 Å². The maximum atomic E-state index is 13.4. The first-order valence-electron chi connectivity index (χ1n) is 6.71. The van der Waals surface area contributed by atoms with Crippen molar-refractivity contribution in [3.8, 4) is 22.6 Å². The summed E-state index contributed by atoms with van der Waals surface area (Å²) in [6.07, 6.45) is 1.65. The van der Waals surface area contributed by atoms with E-state index in [1.807, 2.05) is 30.3 Å². The van der Waals surface area contributed by atoms with Gasteiger partial charge in [0.1, 0.15) is 5.82 Å². The Morgan fingerprint density at radius 2 is 1.68 bits per heavy atom. The average Bonchev–Trinajstić information content (AvgIpc) is 2.99. The molecule has 4 rings (SSSR count). The predicted octanol–water partition coefficient (Wildman–Crippen LogP) is 2.99. The fourth-order valence-electron chi connectivity index (χ4n) is 2.25. The van der Waals surface area contributed by atoms with E-state index in [1.54, 1.807) is 18.3 Å². The molecule has 0 saturated carbocycles. The molecule has 0 atom stereocenters.